The molecule has 0 N–H and O–H groups in total. The van der Waals surface area contributed by atoms with Crippen LogP contribution in [-0.2, 0) is 11.2 Å². The number of alkyl halides is 1. The molecule has 2 heterocycles. The number of hydrogen-bond acceptors (Lipinski definition) is 2. The van der Waals surface area contributed by atoms with Crippen molar-refractivity contribution in [2.45, 2.75) is 42.4 Å². The fourth-order valence-electron chi connectivity index (χ4n) is 3.14. The maximum atomic E-state index is 5.81. The molecule has 1 nitrogen and oxygen atoms in total. The number of halogens is 1. The molecule has 18 heavy (non-hydrogen) atoms. The Morgan fingerprint density at radius 3 is 2.94 bits per heavy atom. The molecule has 0 amide bonds. The Hall–Kier alpha value is 0.01000. The van der Waals surface area contributed by atoms with Crippen LogP contribution >= 0.6 is 27.7 Å². The number of hydrogen-bond donors (Lipinski definition) is 0. The Morgan fingerprint density at radius 1 is 1.44 bits per heavy atom. The number of thioether (sulfide) groups is 1. The van der Waals surface area contributed by atoms with Gasteiger partial charge in [0.2, 0.25) is 0 Å². The van der Waals surface area contributed by atoms with E-state index in [1.165, 1.54) is 29.7 Å². The van der Waals surface area contributed by atoms with Crippen LogP contribution < -0.4 is 0 Å². The lowest BCUT2D eigenvalue weighted by molar-refractivity contribution is 0.0706. The van der Waals surface area contributed by atoms with E-state index in [0.29, 0.717) is 11.5 Å². The Labute approximate surface area is 122 Å². The molecular weight excluding hydrogens is 308 g/mol. The van der Waals surface area contributed by atoms with Gasteiger partial charge < -0.3 is 4.74 Å². The van der Waals surface area contributed by atoms with Crippen LogP contribution in [0.2, 0.25) is 0 Å². The van der Waals surface area contributed by atoms with E-state index < -0.39 is 0 Å². The molecule has 0 saturated carbocycles. The standard InChI is InChI=1S/C15H19BrOS/c1-11-15(10-16,6-7-17-11)9-13-8-12-4-2-3-5-14(12)18-13/h2-5,11,13H,6-10H2,1H3. The summed E-state index contributed by atoms with van der Waals surface area (Å²) in [6.07, 6.45) is 4.08. The van der Waals surface area contributed by atoms with Crippen molar-refractivity contribution < 1.29 is 4.74 Å². The molecule has 0 spiro atoms. The predicted molar refractivity (Wildman–Crippen MR) is 80.7 cm³/mol. The molecule has 1 saturated heterocycles. The van der Waals surface area contributed by atoms with Gasteiger partial charge in [-0.3, -0.25) is 0 Å². The summed E-state index contributed by atoms with van der Waals surface area (Å²) in [5, 5.41) is 1.79. The van der Waals surface area contributed by atoms with Gasteiger partial charge in [0, 0.05) is 27.5 Å². The Balaban J connectivity index is 1.72. The molecule has 1 aromatic rings. The van der Waals surface area contributed by atoms with Gasteiger partial charge in [0.1, 0.15) is 0 Å². The SMILES string of the molecule is CC1OCCC1(CBr)CC1Cc2ccccc2S1. The van der Waals surface area contributed by atoms with Crippen molar-refractivity contribution in [1.82, 2.24) is 0 Å². The smallest absolute Gasteiger partial charge is 0.0612 e. The number of fused-ring (bicyclic) bond motifs is 1. The maximum Gasteiger partial charge on any atom is 0.0612 e. The summed E-state index contributed by atoms with van der Waals surface area (Å²) in [6, 6.07) is 8.84. The summed E-state index contributed by atoms with van der Waals surface area (Å²) in [7, 11) is 0. The molecule has 2 aliphatic heterocycles. The fourth-order valence-corrected chi connectivity index (χ4v) is 5.60. The summed E-state index contributed by atoms with van der Waals surface area (Å²) >= 11 is 5.79. The predicted octanol–water partition coefficient (Wildman–Crippen LogP) is 4.28. The average Bonchev–Trinajstić information content (AvgIpc) is 2.94. The molecule has 3 heteroatoms. The van der Waals surface area contributed by atoms with Gasteiger partial charge in [-0.25, -0.2) is 0 Å². The van der Waals surface area contributed by atoms with Gasteiger partial charge in [-0.1, -0.05) is 34.1 Å². The van der Waals surface area contributed by atoms with Crippen molar-refractivity contribution >= 4 is 27.7 Å². The lowest BCUT2D eigenvalue weighted by Crippen LogP contribution is -2.33. The molecule has 2 aliphatic rings. The lowest BCUT2D eigenvalue weighted by atomic mass is 9.79. The molecule has 3 rings (SSSR count). The fraction of sp³-hybridized carbons (Fsp3) is 0.600. The molecule has 1 fully saturated rings. The van der Waals surface area contributed by atoms with Crippen LogP contribution in [0.25, 0.3) is 0 Å². The first-order valence-corrected chi connectivity index (χ1v) is 8.66. The minimum Gasteiger partial charge on any atom is -0.378 e. The zero-order valence-electron chi connectivity index (χ0n) is 10.7. The zero-order valence-corrected chi connectivity index (χ0v) is 13.1. The molecular formula is C15H19BrOS. The van der Waals surface area contributed by atoms with Crippen molar-refractivity contribution in [2.24, 2.45) is 5.41 Å². The Morgan fingerprint density at radius 2 is 2.28 bits per heavy atom. The van der Waals surface area contributed by atoms with Crippen molar-refractivity contribution in [2.75, 3.05) is 11.9 Å². The van der Waals surface area contributed by atoms with Crippen LogP contribution in [0, 0.1) is 5.41 Å². The minimum atomic E-state index is 0.347. The first kappa shape index (κ1) is 13.0. The second-order valence-corrected chi connectivity index (χ2v) is 7.42. The van der Waals surface area contributed by atoms with Crippen molar-refractivity contribution in [3.63, 3.8) is 0 Å². The van der Waals surface area contributed by atoms with E-state index in [4.69, 9.17) is 4.74 Å². The molecule has 3 atom stereocenters. The van der Waals surface area contributed by atoms with Crippen LogP contribution in [0.15, 0.2) is 29.2 Å². The lowest BCUT2D eigenvalue weighted by Gasteiger charge is -2.32. The molecule has 0 radical (unpaired) electrons. The van der Waals surface area contributed by atoms with E-state index >= 15 is 0 Å². The highest BCUT2D eigenvalue weighted by Gasteiger charge is 2.43. The average molecular weight is 327 g/mol. The van der Waals surface area contributed by atoms with Gasteiger partial charge in [0.05, 0.1) is 6.10 Å². The number of ether oxygens (including phenoxy) is 1. The maximum absolute atomic E-state index is 5.81. The van der Waals surface area contributed by atoms with Crippen LogP contribution in [0.3, 0.4) is 0 Å². The third kappa shape index (κ3) is 2.25. The highest BCUT2D eigenvalue weighted by Crippen LogP contribution is 2.47. The summed E-state index contributed by atoms with van der Waals surface area (Å²) in [4.78, 5) is 1.48. The van der Waals surface area contributed by atoms with Crippen LogP contribution in [0.5, 0.6) is 0 Å². The summed E-state index contributed by atoms with van der Waals surface area (Å²) in [6.45, 7) is 3.16. The molecule has 0 aliphatic carbocycles. The van der Waals surface area contributed by atoms with E-state index in [0.717, 1.165) is 17.2 Å². The first-order valence-electron chi connectivity index (χ1n) is 6.66. The van der Waals surface area contributed by atoms with Crippen molar-refractivity contribution in [3.8, 4) is 0 Å². The second-order valence-electron chi connectivity index (χ2n) is 5.51. The first-order chi connectivity index (χ1) is 8.73. The largest absolute Gasteiger partial charge is 0.378 e. The van der Waals surface area contributed by atoms with Gasteiger partial charge >= 0.3 is 0 Å². The number of benzene rings is 1. The van der Waals surface area contributed by atoms with E-state index in [-0.39, 0.29) is 0 Å². The van der Waals surface area contributed by atoms with Gasteiger partial charge in [-0.2, -0.15) is 0 Å². The Kier molecular flexibility index (Phi) is 3.75. The van der Waals surface area contributed by atoms with Crippen LogP contribution in [0.4, 0.5) is 0 Å². The van der Waals surface area contributed by atoms with Gasteiger partial charge in [0.15, 0.2) is 0 Å². The minimum absolute atomic E-state index is 0.347. The van der Waals surface area contributed by atoms with Gasteiger partial charge in [0.25, 0.3) is 0 Å². The van der Waals surface area contributed by atoms with Crippen molar-refractivity contribution in [3.05, 3.63) is 29.8 Å². The molecule has 3 unspecified atom stereocenters. The van der Waals surface area contributed by atoms with E-state index in [2.05, 4.69) is 58.9 Å². The molecule has 1 aromatic carbocycles. The third-order valence-electron chi connectivity index (χ3n) is 4.44. The van der Waals surface area contributed by atoms with Crippen LogP contribution in [0.1, 0.15) is 25.3 Å². The summed E-state index contributed by atoms with van der Waals surface area (Å²) in [5.74, 6) is 0. The quantitative estimate of drug-likeness (QED) is 0.766. The number of rotatable bonds is 3. The van der Waals surface area contributed by atoms with E-state index in [9.17, 15) is 0 Å². The highest BCUT2D eigenvalue weighted by atomic mass is 79.9. The summed E-state index contributed by atoms with van der Waals surface area (Å²) in [5.41, 5.74) is 1.88. The topological polar surface area (TPSA) is 9.23 Å². The molecule has 98 valence electrons. The zero-order chi connectivity index (χ0) is 12.6. The molecule has 0 bridgehead atoms. The van der Waals surface area contributed by atoms with Crippen LogP contribution in [-0.4, -0.2) is 23.3 Å². The van der Waals surface area contributed by atoms with Crippen molar-refractivity contribution in [1.29, 1.82) is 0 Å². The van der Waals surface area contributed by atoms with Gasteiger partial charge in [-0.05, 0) is 37.8 Å². The van der Waals surface area contributed by atoms with Gasteiger partial charge in [-0.15, -0.1) is 11.8 Å². The Bertz CT molecular complexity index is 411. The highest BCUT2D eigenvalue weighted by molar-refractivity contribution is 9.09. The normalized spacial score (nSPS) is 34.8. The molecule has 0 aromatic heterocycles. The van der Waals surface area contributed by atoms with E-state index in [1.807, 2.05) is 0 Å². The second kappa shape index (κ2) is 5.18. The summed E-state index contributed by atoms with van der Waals surface area (Å²) < 4.78 is 5.81. The monoisotopic (exact) mass is 326 g/mol. The third-order valence-corrected chi connectivity index (χ3v) is 6.88. The van der Waals surface area contributed by atoms with E-state index in [1.54, 1.807) is 0 Å².